The Kier molecular flexibility index (Phi) is 5.49. The smallest absolute Gasteiger partial charge is 0.262 e. The van der Waals surface area contributed by atoms with Gasteiger partial charge in [0.05, 0.1) is 0 Å². The summed E-state index contributed by atoms with van der Waals surface area (Å²) in [5.74, 6) is -0.863. The fourth-order valence-electron chi connectivity index (χ4n) is 2.38. The number of hydrogen-bond donors (Lipinski definition) is 2. The van der Waals surface area contributed by atoms with Gasteiger partial charge in [-0.1, -0.05) is 31.4 Å². The van der Waals surface area contributed by atoms with Crippen LogP contribution in [-0.4, -0.2) is 11.8 Å². The first-order valence-electron chi connectivity index (χ1n) is 7.18. The van der Waals surface area contributed by atoms with Crippen LogP contribution < -0.4 is 10.9 Å². The summed E-state index contributed by atoms with van der Waals surface area (Å²) in [6.45, 7) is 0. The monoisotopic (exact) mass is 290 g/mol. The van der Waals surface area contributed by atoms with E-state index in [9.17, 15) is 14.0 Å². The van der Waals surface area contributed by atoms with Crippen LogP contribution in [0.5, 0.6) is 0 Å². The maximum absolute atomic E-state index is 12.7. The number of rotatable bonds is 3. The van der Waals surface area contributed by atoms with E-state index in [-0.39, 0.29) is 17.6 Å². The number of carbonyl (C=O) groups is 2. The van der Waals surface area contributed by atoms with E-state index in [4.69, 9.17) is 0 Å². The fraction of sp³-hybridized carbons (Fsp3) is 0.375. The molecular weight excluding hydrogens is 271 g/mol. The third-order valence-electron chi connectivity index (χ3n) is 3.58. The molecule has 0 radical (unpaired) electrons. The summed E-state index contributed by atoms with van der Waals surface area (Å²) in [6, 6.07) is 5.78. The van der Waals surface area contributed by atoms with E-state index >= 15 is 0 Å². The normalized spacial score (nSPS) is 15.9. The number of hydrazine groups is 1. The van der Waals surface area contributed by atoms with E-state index in [1.54, 1.807) is 18.2 Å². The molecule has 0 spiro atoms. The number of halogens is 1. The van der Waals surface area contributed by atoms with Gasteiger partial charge < -0.3 is 0 Å². The van der Waals surface area contributed by atoms with E-state index in [0.29, 0.717) is 5.56 Å². The first-order chi connectivity index (χ1) is 10.1. The molecule has 0 atom stereocenters. The largest absolute Gasteiger partial charge is 0.273 e. The number of hydrogen-bond acceptors (Lipinski definition) is 2. The molecule has 0 unspecified atom stereocenters. The van der Waals surface area contributed by atoms with E-state index < -0.39 is 5.91 Å². The lowest BCUT2D eigenvalue weighted by Gasteiger charge is -2.20. The number of benzene rings is 1. The van der Waals surface area contributed by atoms with Gasteiger partial charge in [0.25, 0.3) is 5.91 Å². The molecule has 0 bridgehead atoms. The third-order valence-corrected chi connectivity index (χ3v) is 3.58. The van der Waals surface area contributed by atoms with Gasteiger partial charge >= 0.3 is 0 Å². The van der Waals surface area contributed by atoms with Crippen molar-refractivity contribution >= 4 is 17.9 Å². The molecule has 5 heteroatoms. The first kappa shape index (κ1) is 15.2. The SMILES string of the molecule is O=C(/C=C/c1ccc(F)cc1)NNC(=O)C1CCCCC1. The molecule has 21 heavy (non-hydrogen) atoms. The maximum atomic E-state index is 12.7. The van der Waals surface area contributed by atoms with E-state index in [1.807, 2.05) is 0 Å². The van der Waals surface area contributed by atoms with Crippen LogP contribution >= 0.6 is 0 Å². The molecule has 0 aromatic heterocycles. The van der Waals surface area contributed by atoms with Crippen molar-refractivity contribution in [2.75, 3.05) is 0 Å². The first-order valence-corrected chi connectivity index (χ1v) is 7.18. The summed E-state index contributed by atoms with van der Waals surface area (Å²) in [7, 11) is 0. The zero-order valence-corrected chi connectivity index (χ0v) is 11.8. The van der Waals surface area contributed by atoms with E-state index in [2.05, 4.69) is 10.9 Å². The minimum absolute atomic E-state index is 0.000119. The zero-order valence-electron chi connectivity index (χ0n) is 11.8. The molecule has 2 rings (SSSR count). The summed E-state index contributed by atoms with van der Waals surface area (Å²) in [5, 5.41) is 0. The topological polar surface area (TPSA) is 58.2 Å². The van der Waals surface area contributed by atoms with Crippen LogP contribution in [0, 0.1) is 11.7 Å². The van der Waals surface area contributed by atoms with Gasteiger partial charge in [0.2, 0.25) is 5.91 Å². The van der Waals surface area contributed by atoms with Gasteiger partial charge in [-0.25, -0.2) is 4.39 Å². The van der Waals surface area contributed by atoms with Crippen molar-refractivity contribution < 1.29 is 14.0 Å². The predicted octanol–water partition coefficient (Wildman–Crippen LogP) is 2.57. The van der Waals surface area contributed by atoms with Crippen LogP contribution in [0.4, 0.5) is 4.39 Å². The van der Waals surface area contributed by atoms with Gasteiger partial charge in [0.1, 0.15) is 5.82 Å². The molecule has 112 valence electrons. The highest BCUT2D eigenvalue weighted by molar-refractivity contribution is 5.93. The molecule has 0 heterocycles. The summed E-state index contributed by atoms with van der Waals surface area (Å²) < 4.78 is 12.7. The van der Waals surface area contributed by atoms with Crippen molar-refractivity contribution in [2.45, 2.75) is 32.1 Å². The number of nitrogens with one attached hydrogen (secondary N) is 2. The van der Waals surface area contributed by atoms with Gasteiger partial charge in [-0.3, -0.25) is 20.4 Å². The Labute approximate surface area is 123 Å². The molecule has 2 amide bonds. The Balaban J connectivity index is 1.76. The Hall–Kier alpha value is -2.17. The third kappa shape index (κ3) is 5.02. The Morgan fingerprint density at radius 1 is 1.05 bits per heavy atom. The van der Waals surface area contributed by atoms with E-state index in [0.717, 1.165) is 25.7 Å². The average molecular weight is 290 g/mol. The highest BCUT2D eigenvalue weighted by atomic mass is 19.1. The van der Waals surface area contributed by atoms with Gasteiger partial charge in [0, 0.05) is 12.0 Å². The second-order valence-corrected chi connectivity index (χ2v) is 5.20. The van der Waals surface area contributed by atoms with Crippen LogP contribution in [0.1, 0.15) is 37.7 Å². The van der Waals surface area contributed by atoms with Gasteiger partial charge in [-0.2, -0.15) is 0 Å². The molecule has 1 aromatic carbocycles. The summed E-state index contributed by atoms with van der Waals surface area (Å²) in [4.78, 5) is 23.4. The second-order valence-electron chi connectivity index (χ2n) is 5.20. The highest BCUT2D eigenvalue weighted by Gasteiger charge is 2.20. The average Bonchev–Trinajstić information content (AvgIpc) is 2.53. The lowest BCUT2D eigenvalue weighted by molar-refractivity contribution is -0.130. The van der Waals surface area contributed by atoms with Crippen molar-refractivity contribution in [3.8, 4) is 0 Å². The van der Waals surface area contributed by atoms with Crippen LogP contribution in [0.3, 0.4) is 0 Å². The minimum Gasteiger partial charge on any atom is -0.273 e. The van der Waals surface area contributed by atoms with Crippen molar-refractivity contribution in [1.82, 2.24) is 10.9 Å². The van der Waals surface area contributed by atoms with Gasteiger partial charge in [0.15, 0.2) is 0 Å². The lowest BCUT2D eigenvalue weighted by atomic mass is 9.89. The van der Waals surface area contributed by atoms with Crippen LogP contribution in [-0.2, 0) is 9.59 Å². The highest BCUT2D eigenvalue weighted by Crippen LogP contribution is 2.23. The summed E-state index contributed by atoms with van der Waals surface area (Å²) >= 11 is 0. The van der Waals surface area contributed by atoms with E-state index in [1.165, 1.54) is 24.6 Å². The molecule has 1 saturated carbocycles. The van der Waals surface area contributed by atoms with Gasteiger partial charge in [-0.15, -0.1) is 0 Å². The Morgan fingerprint density at radius 3 is 2.38 bits per heavy atom. The van der Waals surface area contributed by atoms with Crippen LogP contribution in [0.25, 0.3) is 6.08 Å². The molecule has 2 N–H and O–H groups in total. The number of carbonyl (C=O) groups excluding carboxylic acids is 2. The quantitative estimate of drug-likeness (QED) is 0.664. The van der Waals surface area contributed by atoms with Gasteiger partial charge in [-0.05, 0) is 36.6 Å². The minimum atomic E-state index is -0.413. The van der Waals surface area contributed by atoms with Crippen molar-refractivity contribution in [2.24, 2.45) is 5.92 Å². The second kappa shape index (κ2) is 7.57. The molecule has 1 aliphatic carbocycles. The lowest BCUT2D eigenvalue weighted by Crippen LogP contribution is -2.44. The predicted molar refractivity (Wildman–Crippen MR) is 78.3 cm³/mol. The molecular formula is C16H19FN2O2. The molecule has 1 fully saturated rings. The molecule has 1 aromatic rings. The van der Waals surface area contributed by atoms with Crippen LogP contribution in [0.2, 0.25) is 0 Å². The summed E-state index contributed by atoms with van der Waals surface area (Å²) in [6.07, 6.45) is 7.93. The fourth-order valence-corrected chi connectivity index (χ4v) is 2.38. The molecule has 4 nitrogen and oxygen atoms in total. The van der Waals surface area contributed by atoms with Crippen molar-refractivity contribution in [3.05, 3.63) is 41.7 Å². The van der Waals surface area contributed by atoms with Crippen molar-refractivity contribution in [3.63, 3.8) is 0 Å². The molecule has 0 saturated heterocycles. The maximum Gasteiger partial charge on any atom is 0.262 e. The van der Waals surface area contributed by atoms with Crippen LogP contribution in [0.15, 0.2) is 30.3 Å². The zero-order chi connectivity index (χ0) is 15.1. The standard InChI is InChI=1S/C16H19FN2O2/c17-14-9-6-12(7-10-14)8-11-15(20)18-19-16(21)13-4-2-1-3-5-13/h6-11,13H,1-5H2,(H,18,20)(H,19,21)/b11-8+. The summed E-state index contributed by atoms with van der Waals surface area (Å²) in [5.41, 5.74) is 5.52. The Morgan fingerprint density at radius 2 is 1.71 bits per heavy atom. The van der Waals surface area contributed by atoms with Crippen molar-refractivity contribution in [1.29, 1.82) is 0 Å². The molecule has 0 aliphatic heterocycles. The molecule has 1 aliphatic rings. The Bertz CT molecular complexity index is 520. The number of amides is 2.